The van der Waals surface area contributed by atoms with Crippen molar-refractivity contribution in [2.24, 2.45) is 4.99 Å². The molecule has 136 valence electrons. The van der Waals surface area contributed by atoms with Crippen LogP contribution in [0.15, 0.2) is 29.3 Å². The molecule has 0 radical (unpaired) electrons. The molecule has 5 nitrogen and oxygen atoms in total. The molecule has 0 atom stereocenters. The van der Waals surface area contributed by atoms with Gasteiger partial charge in [0.05, 0.1) is 6.54 Å². The van der Waals surface area contributed by atoms with Crippen molar-refractivity contribution in [3.63, 3.8) is 0 Å². The van der Waals surface area contributed by atoms with E-state index in [0.717, 1.165) is 42.5 Å². The quantitative estimate of drug-likeness (QED) is 0.227. The van der Waals surface area contributed by atoms with Gasteiger partial charge in [-0.15, -0.1) is 24.0 Å². The molecule has 24 heavy (non-hydrogen) atoms. The molecule has 0 unspecified atom stereocenters. The predicted molar refractivity (Wildman–Crippen MR) is 117 cm³/mol. The molecule has 0 aliphatic carbocycles. The van der Waals surface area contributed by atoms with E-state index in [1.807, 2.05) is 31.2 Å². The Labute approximate surface area is 166 Å². The summed E-state index contributed by atoms with van der Waals surface area (Å²) in [7, 11) is 0. The number of hydrogen-bond acceptors (Lipinski definition) is 3. The molecule has 3 N–H and O–H groups in total. The van der Waals surface area contributed by atoms with E-state index in [1.54, 1.807) is 11.8 Å². The van der Waals surface area contributed by atoms with Crippen LogP contribution in [0.25, 0.3) is 0 Å². The van der Waals surface area contributed by atoms with Crippen molar-refractivity contribution < 1.29 is 4.79 Å². The standard InChI is InChI=1S/C17H28N4OS.HI/c1-4-6-16(22)21-15-9-7-14(8-10-15)13-20-17(18-5-2)19-11-12-23-3;/h7-10H,4-6,11-13H2,1-3H3,(H,21,22)(H2,18,19,20);1H. The molecule has 0 fully saturated rings. The Hall–Kier alpha value is -0.960. The van der Waals surface area contributed by atoms with Gasteiger partial charge in [-0.25, -0.2) is 4.99 Å². The van der Waals surface area contributed by atoms with Crippen LogP contribution in [0.3, 0.4) is 0 Å². The van der Waals surface area contributed by atoms with Crippen LogP contribution >= 0.6 is 35.7 Å². The third kappa shape index (κ3) is 10.0. The molecule has 0 aromatic heterocycles. The summed E-state index contributed by atoms with van der Waals surface area (Å²) in [4.78, 5) is 16.1. The molecule has 1 aromatic carbocycles. The van der Waals surface area contributed by atoms with Crippen molar-refractivity contribution in [3.8, 4) is 0 Å². The zero-order valence-electron chi connectivity index (χ0n) is 14.7. The van der Waals surface area contributed by atoms with Gasteiger partial charge in [-0.05, 0) is 37.3 Å². The minimum absolute atomic E-state index is 0. The number of nitrogens with zero attached hydrogens (tertiary/aromatic N) is 1. The van der Waals surface area contributed by atoms with Crippen molar-refractivity contribution in [2.45, 2.75) is 33.2 Å². The zero-order chi connectivity index (χ0) is 16.9. The van der Waals surface area contributed by atoms with E-state index in [4.69, 9.17) is 0 Å². The number of guanidine groups is 1. The highest BCUT2D eigenvalue weighted by atomic mass is 127. The highest BCUT2D eigenvalue weighted by Crippen LogP contribution is 2.11. The van der Waals surface area contributed by atoms with Crippen molar-refractivity contribution in [3.05, 3.63) is 29.8 Å². The highest BCUT2D eigenvalue weighted by Gasteiger charge is 2.01. The number of thioether (sulfide) groups is 1. The van der Waals surface area contributed by atoms with E-state index in [0.29, 0.717) is 13.0 Å². The maximum absolute atomic E-state index is 11.6. The van der Waals surface area contributed by atoms with Crippen molar-refractivity contribution in [1.82, 2.24) is 10.6 Å². The van der Waals surface area contributed by atoms with Gasteiger partial charge in [-0.2, -0.15) is 11.8 Å². The lowest BCUT2D eigenvalue weighted by molar-refractivity contribution is -0.116. The van der Waals surface area contributed by atoms with Gasteiger partial charge in [-0.1, -0.05) is 19.1 Å². The summed E-state index contributed by atoms with van der Waals surface area (Å²) in [5.74, 6) is 1.95. The lowest BCUT2D eigenvalue weighted by atomic mass is 10.2. The Morgan fingerprint density at radius 3 is 2.46 bits per heavy atom. The number of hydrogen-bond donors (Lipinski definition) is 3. The number of rotatable bonds is 9. The van der Waals surface area contributed by atoms with E-state index in [2.05, 4.69) is 34.1 Å². The number of nitrogens with one attached hydrogen (secondary N) is 3. The van der Waals surface area contributed by atoms with Gasteiger partial charge in [0.2, 0.25) is 5.91 Å². The topological polar surface area (TPSA) is 65.5 Å². The molecule has 0 saturated carbocycles. The number of aliphatic imine (C=N–C) groups is 1. The van der Waals surface area contributed by atoms with Crippen LogP contribution in [0, 0.1) is 0 Å². The van der Waals surface area contributed by atoms with Gasteiger partial charge >= 0.3 is 0 Å². The minimum atomic E-state index is 0. The minimum Gasteiger partial charge on any atom is -0.357 e. The van der Waals surface area contributed by atoms with Gasteiger partial charge < -0.3 is 16.0 Å². The summed E-state index contributed by atoms with van der Waals surface area (Å²) in [6.45, 7) is 6.40. The highest BCUT2D eigenvalue weighted by molar-refractivity contribution is 14.0. The molecule has 0 saturated heterocycles. The van der Waals surface area contributed by atoms with Gasteiger partial charge in [0.15, 0.2) is 5.96 Å². The number of halogens is 1. The molecule has 1 aromatic rings. The lowest BCUT2D eigenvalue weighted by Crippen LogP contribution is -2.38. The first kappa shape index (κ1) is 23.0. The van der Waals surface area contributed by atoms with Crippen molar-refractivity contribution in [2.75, 3.05) is 30.4 Å². The average Bonchev–Trinajstić information content (AvgIpc) is 2.54. The monoisotopic (exact) mass is 464 g/mol. The van der Waals surface area contributed by atoms with E-state index in [1.165, 1.54) is 0 Å². The molecule has 0 heterocycles. The zero-order valence-corrected chi connectivity index (χ0v) is 17.9. The Morgan fingerprint density at radius 2 is 1.88 bits per heavy atom. The molecule has 1 amide bonds. The number of anilines is 1. The first-order valence-corrected chi connectivity index (χ1v) is 9.48. The van der Waals surface area contributed by atoms with E-state index in [9.17, 15) is 4.79 Å². The lowest BCUT2D eigenvalue weighted by Gasteiger charge is -2.10. The molecule has 0 spiro atoms. The van der Waals surface area contributed by atoms with Crippen LogP contribution in [0.5, 0.6) is 0 Å². The van der Waals surface area contributed by atoms with Crippen molar-refractivity contribution >= 4 is 53.3 Å². The van der Waals surface area contributed by atoms with Crippen molar-refractivity contribution in [1.29, 1.82) is 0 Å². The fourth-order valence-electron chi connectivity index (χ4n) is 1.93. The van der Waals surface area contributed by atoms with Gasteiger partial charge in [0.1, 0.15) is 0 Å². The summed E-state index contributed by atoms with van der Waals surface area (Å²) in [6, 6.07) is 7.84. The smallest absolute Gasteiger partial charge is 0.224 e. The molecule has 1 rings (SSSR count). The van der Waals surface area contributed by atoms with Crippen LogP contribution in [-0.4, -0.2) is 37.0 Å². The average molecular weight is 464 g/mol. The van der Waals surface area contributed by atoms with E-state index in [-0.39, 0.29) is 29.9 Å². The normalized spacial score (nSPS) is 10.7. The second-order valence-corrected chi connectivity index (χ2v) is 6.10. The van der Waals surface area contributed by atoms with Crippen LogP contribution in [-0.2, 0) is 11.3 Å². The SMILES string of the molecule is CCCC(=O)Nc1ccc(CN=C(NCC)NCCSC)cc1.I. The molecule has 0 aliphatic rings. The summed E-state index contributed by atoms with van der Waals surface area (Å²) in [6.07, 6.45) is 3.50. The van der Waals surface area contributed by atoms with Gasteiger partial charge in [0, 0.05) is 31.0 Å². The summed E-state index contributed by atoms with van der Waals surface area (Å²) < 4.78 is 0. The number of carbonyl (C=O) groups is 1. The maximum atomic E-state index is 11.6. The van der Waals surface area contributed by atoms with Crippen LogP contribution in [0.1, 0.15) is 32.3 Å². The second-order valence-electron chi connectivity index (χ2n) is 5.11. The summed E-state index contributed by atoms with van der Waals surface area (Å²) in [5, 5.41) is 9.43. The maximum Gasteiger partial charge on any atom is 0.224 e. The summed E-state index contributed by atoms with van der Waals surface area (Å²) in [5.41, 5.74) is 1.95. The van der Waals surface area contributed by atoms with Gasteiger partial charge in [-0.3, -0.25) is 4.79 Å². The largest absolute Gasteiger partial charge is 0.357 e. The summed E-state index contributed by atoms with van der Waals surface area (Å²) >= 11 is 1.81. The molecular formula is C17H29IN4OS. The predicted octanol–water partition coefficient (Wildman–Crippen LogP) is 3.46. The number of benzene rings is 1. The fourth-order valence-corrected chi connectivity index (χ4v) is 2.23. The van der Waals surface area contributed by atoms with Crippen LogP contribution < -0.4 is 16.0 Å². The molecule has 0 bridgehead atoms. The number of carbonyl (C=O) groups excluding carboxylic acids is 1. The molecule has 7 heteroatoms. The Morgan fingerprint density at radius 1 is 1.17 bits per heavy atom. The second kappa shape index (κ2) is 14.4. The van der Waals surface area contributed by atoms with Gasteiger partial charge in [0.25, 0.3) is 0 Å². The Kier molecular flexibility index (Phi) is 13.8. The molecule has 0 aliphatic heterocycles. The van der Waals surface area contributed by atoms with E-state index < -0.39 is 0 Å². The third-order valence-electron chi connectivity index (χ3n) is 3.08. The third-order valence-corrected chi connectivity index (χ3v) is 3.69. The fraction of sp³-hybridized carbons (Fsp3) is 0.529. The van der Waals surface area contributed by atoms with Crippen LogP contribution in [0.4, 0.5) is 5.69 Å². The first-order chi connectivity index (χ1) is 11.2. The van der Waals surface area contributed by atoms with E-state index >= 15 is 0 Å². The Balaban J connectivity index is 0.00000529. The number of amides is 1. The van der Waals surface area contributed by atoms with Crippen LogP contribution in [0.2, 0.25) is 0 Å². The first-order valence-electron chi connectivity index (χ1n) is 8.09. The molecular weight excluding hydrogens is 435 g/mol. The Bertz CT molecular complexity index is 494.